The van der Waals surface area contributed by atoms with Crippen molar-refractivity contribution >= 4 is 73.7 Å². The molecule has 2 aromatic carbocycles. The Morgan fingerprint density at radius 3 is 1.30 bits per heavy atom. The fraction of sp³-hybridized carbons (Fsp3) is 0.597. The lowest BCUT2D eigenvalue weighted by Gasteiger charge is -2.52. The first-order valence-electron chi connectivity index (χ1n) is 29.7. The van der Waals surface area contributed by atoms with Crippen LogP contribution in [0.3, 0.4) is 0 Å². The number of imide groups is 2. The van der Waals surface area contributed by atoms with Crippen LogP contribution in [0.4, 0.5) is 0 Å². The topological polar surface area (TPSA) is 333 Å². The molecule has 28 nitrogen and oxygen atoms in total. The Labute approximate surface area is 527 Å². The molecule has 91 heavy (non-hydrogen) atoms. The molecular formula is C62H80N2O26Si. The Kier molecular flexibility index (Phi) is 24.1. The van der Waals surface area contributed by atoms with Gasteiger partial charge in [-0.05, 0) is 55.2 Å². The molecule has 5 aliphatic rings. The number of carbonyl (C=O) groups is 11. The lowest BCUT2D eigenvalue weighted by Crippen LogP contribution is -2.71. The average molecular weight is 1300 g/mol. The van der Waals surface area contributed by atoms with Crippen LogP contribution in [0.25, 0.3) is 0 Å². The number of unbranched alkanes of at least 4 members (excludes halogenated alkanes) is 2. The first kappa shape index (κ1) is 71.1. The SMILES string of the molecule is C=CCO[C@H]1[C@@H](O[C@@H]2O[C@H](COC(C)=O)[C@@H](OC(C)=O)[C@H](OC(C)=O)[C@H]2N2C(=O)c3ccccc3C2=O)[C@@H](CO[Si](C)(C)C(C)(C)C)O[C@@H](OCCCCCC(=O)OC)[C@@H]1O[C@@H]1O[C@H](COC(C)=O)[C@@H](OC(C)=O)[C@H](OC(C)=O)[C@H]1N1C(=O)c2ccccc2C1=O. The predicted octanol–water partition coefficient (Wildman–Crippen LogP) is 4.46. The minimum absolute atomic E-state index is 0.0680. The molecule has 0 unspecified atom stereocenters. The highest BCUT2D eigenvalue weighted by atomic mass is 28.4. The molecule has 7 rings (SSSR count). The van der Waals surface area contributed by atoms with Crippen LogP contribution < -0.4 is 0 Å². The molecule has 2 aromatic rings. The lowest BCUT2D eigenvalue weighted by molar-refractivity contribution is -0.381. The van der Waals surface area contributed by atoms with Gasteiger partial charge in [-0.1, -0.05) is 57.5 Å². The molecule has 0 aliphatic carbocycles. The summed E-state index contributed by atoms with van der Waals surface area (Å²) in [5.74, 6) is -9.62. The third-order valence-electron chi connectivity index (χ3n) is 16.1. The number of amides is 4. The summed E-state index contributed by atoms with van der Waals surface area (Å²) in [6, 6.07) is 7.84. The van der Waals surface area contributed by atoms with Crippen molar-refractivity contribution in [1.29, 1.82) is 0 Å². The van der Waals surface area contributed by atoms with Gasteiger partial charge in [0.15, 0.2) is 51.6 Å². The van der Waals surface area contributed by atoms with E-state index in [1.165, 1.54) is 61.7 Å². The number of rotatable bonds is 27. The standard InChI is InChI=1S/C62H80N2O26Si/c1-14-27-77-53-50(89-59-46(63-55(72)38-22-17-18-23-39(38)56(63)73)51(84-36(6)69)48(82-34(4)67)42(86-59)29-79-32(2)65)44(31-81-91(12,13)62(8,9)10)88-61(78-28-21-15-16-26-45(71)76-11)54(53)90-60-47(64-57(74)40-24-19-20-25-41(40)58(64)75)52(85-37(7)70)49(83-35(5)68)43(87-60)30-80-33(3)66/h14,17-20,22-25,42-44,46-54,59-61H,1,15-16,21,26-31H2,2-13H3/t42-,43-,44-,46-,47-,48-,49-,50+,51-,52-,53+,54-,59+,60+,61-/m1/s1. The van der Waals surface area contributed by atoms with Gasteiger partial charge in [0.2, 0.25) is 0 Å². The van der Waals surface area contributed by atoms with E-state index in [9.17, 15) is 52.7 Å². The van der Waals surface area contributed by atoms with Gasteiger partial charge < -0.3 is 70.7 Å². The highest BCUT2D eigenvalue weighted by Gasteiger charge is 2.63. The smallest absolute Gasteiger partial charge is 0.305 e. The van der Waals surface area contributed by atoms with Gasteiger partial charge in [-0.2, -0.15) is 0 Å². The molecule has 0 radical (unpaired) electrons. The molecule has 15 atom stereocenters. The molecule has 0 saturated carbocycles. The number of esters is 7. The molecule has 498 valence electrons. The summed E-state index contributed by atoms with van der Waals surface area (Å²) in [5, 5.41) is -0.443. The Morgan fingerprint density at radius 1 is 0.516 bits per heavy atom. The molecule has 4 amide bonds. The first-order chi connectivity index (χ1) is 43.0. The monoisotopic (exact) mass is 1300 g/mol. The molecule has 3 saturated heterocycles. The molecule has 5 aliphatic heterocycles. The van der Waals surface area contributed by atoms with Crippen LogP contribution in [-0.2, 0) is 104 Å². The Hall–Kier alpha value is -7.35. The maximum atomic E-state index is 14.8. The van der Waals surface area contributed by atoms with Crippen molar-refractivity contribution < 1.29 is 123 Å². The van der Waals surface area contributed by atoms with Gasteiger partial charge in [-0.15, -0.1) is 6.58 Å². The molecular weight excluding hydrogens is 1220 g/mol. The number of carbonyl (C=O) groups excluding carboxylic acids is 11. The second kappa shape index (κ2) is 30.8. The van der Waals surface area contributed by atoms with Gasteiger partial charge in [-0.3, -0.25) is 62.5 Å². The van der Waals surface area contributed by atoms with Gasteiger partial charge in [-0.25, -0.2) is 0 Å². The number of hydrogen-bond acceptors (Lipinski definition) is 26. The maximum Gasteiger partial charge on any atom is 0.305 e. The van der Waals surface area contributed by atoms with Crippen LogP contribution in [0, 0.1) is 0 Å². The molecule has 0 spiro atoms. The van der Waals surface area contributed by atoms with Crippen LogP contribution >= 0.6 is 0 Å². The predicted molar refractivity (Wildman–Crippen MR) is 312 cm³/mol. The van der Waals surface area contributed by atoms with Crippen LogP contribution in [0.15, 0.2) is 61.2 Å². The van der Waals surface area contributed by atoms with Crippen molar-refractivity contribution in [3.8, 4) is 0 Å². The highest BCUT2D eigenvalue weighted by molar-refractivity contribution is 6.74. The summed E-state index contributed by atoms with van der Waals surface area (Å²) >= 11 is 0. The van der Waals surface area contributed by atoms with Crippen LogP contribution in [0.1, 0.15) is 129 Å². The van der Waals surface area contributed by atoms with Gasteiger partial charge in [0.25, 0.3) is 23.6 Å². The quantitative estimate of drug-likeness (QED) is 0.0298. The maximum absolute atomic E-state index is 14.8. The second-order valence-corrected chi connectivity index (χ2v) is 28.5. The zero-order valence-electron chi connectivity index (χ0n) is 52.9. The van der Waals surface area contributed by atoms with Crippen LogP contribution in [0.5, 0.6) is 0 Å². The van der Waals surface area contributed by atoms with E-state index in [-0.39, 0.29) is 54.9 Å². The third kappa shape index (κ3) is 16.8. The van der Waals surface area contributed by atoms with E-state index in [0.29, 0.717) is 12.8 Å². The molecule has 29 heteroatoms. The fourth-order valence-electron chi connectivity index (χ4n) is 11.0. The van der Waals surface area contributed by atoms with E-state index in [1.54, 1.807) is 0 Å². The molecule has 0 N–H and O–H groups in total. The summed E-state index contributed by atoms with van der Waals surface area (Å²) in [7, 11) is -1.57. The number of fused-ring (bicyclic) bond motifs is 2. The highest BCUT2D eigenvalue weighted by Crippen LogP contribution is 2.43. The summed E-state index contributed by atoms with van der Waals surface area (Å²) in [6.07, 6.45) is -20.0. The van der Waals surface area contributed by atoms with Gasteiger partial charge in [0.1, 0.15) is 61.9 Å². The zero-order valence-corrected chi connectivity index (χ0v) is 53.9. The van der Waals surface area contributed by atoms with Crippen molar-refractivity contribution in [2.24, 2.45) is 0 Å². The number of ether oxygens (including phenoxy) is 14. The van der Waals surface area contributed by atoms with E-state index >= 15 is 0 Å². The van der Waals surface area contributed by atoms with Gasteiger partial charge >= 0.3 is 41.8 Å². The van der Waals surface area contributed by atoms with E-state index in [1.807, 2.05) is 33.9 Å². The zero-order chi connectivity index (χ0) is 66.8. The summed E-state index contributed by atoms with van der Waals surface area (Å²) in [6.45, 7) is 17.9. The first-order valence-corrected chi connectivity index (χ1v) is 32.6. The minimum Gasteiger partial charge on any atom is -0.469 e. The largest absolute Gasteiger partial charge is 0.469 e. The lowest BCUT2D eigenvalue weighted by atomic mass is 9.93. The Morgan fingerprint density at radius 2 is 0.912 bits per heavy atom. The molecule has 3 fully saturated rings. The Bertz CT molecular complexity index is 2990. The van der Waals surface area contributed by atoms with E-state index in [2.05, 4.69) is 6.58 Å². The van der Waals surface area contributed by atoms with Gasteiger partial charge in [0, 0.05) is 54.6 Å². The van der Waals surface area contributed by atoms with Crippen molar-refractivity contribution in [3.63, 3.8) is 0 Å². The average Bonchev–Trinajstić information content (AvgIpc) is 1.72. The van der Waals surface area contributed by atoms with E-state index in [4.69, 9.17) is 70.7 Å². The van der Waals surface area contributed by atoms with Crippen LogP contribution in [0.2, 0.25) is 18.1 Å². The summed E-state index contributed by atoms with van der Waals surface area (Å²) in [4.78, 5) is 151. The van der Waals surface area contributed by atoms with Crippen molar-refractivity contribution in [3.05, 3.63) is 83.4 Å². The second-order valence-electron chi connectivity index (χ2n) is 23.7. The van der Waals surface area contributed by atoms with Gasteiger partial charge in [0.05, 0.1) is 42.6 Å². The normalized spacial score (nSPS) is 28.1. The summed E-state index contributed by atoms with van der Waals surface area (Å²) < 4.78 is 94.2. The minimum atomic E-state index is -2.84. The molecule has 5 heterocycles. The number of benzene rings is 2. The number of hydrogen-bond donors (Lipinski definition) is 0. The number of nitrogens with zero attached hydrogens (tertiary/aromatic N) is 2. The van der Waals surface area contributed by atoms with E-state index < -0.39 is 184 Å². The Balaban J connectivity index is 1.47. The van der Waals surface area contributed by atoms with E-state index in [0.717, 1.165) is 51.3 Å². The molecule has 0 aromatic heterocycles. The third-order valence-corrected chi connectivity index (χ3v) is 20.6. The van der Waals surface area contributed by atoms with Crippen molar-refractivity contribution in [2.45, 2.75) is 198 Å². The van der Waals surface area contributed by atoms with Crippen molar-refractivity contribution in [1.82, 2.24) is 9.80 Å². The number of methoxy groups -OCH3 is 1. The van der Waals surface area contributed by atoms with Crippen LogP contribution in [-0.4, -0.2) is 216 Å². The molecule has 0 bridgehead atoms. The fourth-order valence-corrected chi connectivity index (χ4v) is 12.0. The van der Waals surface area contributed by atoms with Crippen molar-refractivity contribution in [2.75, 3.05) is 40.1 Å². The summed E-state index contributed by atoms with van der Waals surface area (Å²) in [5.41, 5.74) is -0.287.